The SMILES string of the molecule is Cc1cc(C)c2c(c1)c1cc(C)cc(C)c1n2B1c2ccccc2-n2c3nc(C(C)(C)C)ncc3c3ccc(C(C)(C)C)c1c32. The maximum Gasteiger partial charge on any atom is 0.332 e. The predicted octanol–water partition coefficient (Wildman–Crippen LogP) is 8.48. The molecule has 0 N–H and O–H groups in total. The zero-order valence-electron chi connectivity index (χ0n) is 28.2. The first-order valence-corrected chi connectivity index (χ1v) is 16.2. The van der Waals surface area contributed by atoms with E-state index in [4.69, 9.17) is 9.97 Å². The molecule has 1 aliphatic heterocycles. The lowest BCUT2D eigenvalue weighted by Crippen LogP contribution is -2.55. The van der Waals surface area contributed by atoms with Gasteiger partial charge in [0.15, 0.2) is 0 Å². The molecular weight excluding hydrogens is 547 g/mol. The quantitative estimate of drug-likeness (QED) is 0.180. The number of nitrogens with zero attached hydrogens (tertiary/aromatic N) is 4. The van der Waals surface area contributed by atoms with Gasteiger partial charge >= 0.3 is 6.85 Å². The Morgan fingerprint density at radius 3 is 1.87 bits per heavy atom. The second-order valence-corrected chi connectivity index (χ2v) is 15.5. The van der Waals surface area contributed by atoms with Gasteiger partial charge in [-0.2, -0.15) is 0 Å². The van der Waals surface area contributed by atoms with E-state index >= 15 is 0 Å². The van der Waals surface area contributed by atoms with Gasteiger partial charge in [-0.25, -0.2) is 9.97 Å². The number of fused-ring (bicyclic) bond motifs is 8. The van der Waals surface area contributed by atoms with Crippen molar-refractivity contribution in [1.29, 1.82) is 0 Å². The molecule has 4 heterocycles. The molecule has 4 aromatic carbocycles. The molecule has 0 spiro atoms. The van der Waals surface area contributed by atoms with Crippen LogP contribution in [0, 0.1) is 27.7 Å². The zero-order chi connectivity index (χ0) is 31.7. The summed E-state index contributed by atoms with van der Waals surface area (Å²) in [4.78, 5) is 10.2. The van der Waals surface area contributed by atoms with Gasteiger partial charge in [-0.1, -0.05) is 95.1 Å². The molecule has 45 heavy (non-hydrogen) atoms. The van der Waals surface area contributed by atoms with Crippen molar-refractivity contribution in [3.63, 3.8) is 0 Å². The highest BCUT2D eigenvalue weighted by Crippen LogP contribution is 2.40. The second kappa shape index (κ2) is 9.09. The first-order valence-electron chi connectivity index (χ1n) is 16.2. The van der Waals surface area contributed by atoms with E-state index in [0.717, 1.165) is 16.9 Å². The molecule has 0 unspecified atom stereocenters. The number of rotatable bonds is 1. The molecule has 0 radical (unpaired) electrons. The molecule has 5 heteroatoms. The molecule has 0 atom stereocenters. The summed E-state index contributed by atoms with van der Waals surface area (Å²) < 4.78 is 5.13. The number of aryl methyl sites for hydroxylation is 4. The molecule has 0 fully saturated rings. The monoisotopic (exact) mass is 588 g/mol. The molecular formula is C40H41BN4. The largest absolute Gasteiger partial charge is 0.375 e. The summed E-state index contributed by atoms with van der Waals surface area (Å²) in [5, 5.41) is 5.00. The molecule has 1 aliphatic rings. The van der Waals surface area contributed by atoms with Crippen LogP contribution in [0.25, 0.3) is 49.4 Å². The van der Waals surface area contributed by atoms with E-state index in [9.17, 15) is 0 Å². The number of para-hydroxylation sites is 1. The summed E-state index contributed by atoms with van der Waals surface area (Å²) in [5.74, 6) is 0.866. The minimum Gasteiger partial charge on any atom is -0.375 e. The van der Waals surface area contributed by atoms with Gasteiger partial charge in [-0.3, -0.25) is 4.57 Å². The lowest BCUT2D eigenvalue weighted by Gasteiger charge is -2.33. The van der Waals surface area contributed by atoms with Gasteiger partial charge in [0.2, 0.25) is 0 Å². The lowest BCUT2D eigenvalue weighted by molar-refractivity contribution is 0.547. The van der Waals surface area contributed by atoms with Gasteiger partial charge in [0.25, 0.3) is 0 Å². The minimum absolute atomic E-state index is 0.0196. The Balaban J connectivity index is 1.64. The summed E-state index contributed by atoms with van der Waals surface area (Å²) in [5.41, 5.74) is 15.1. The Morgan fingerprint density at radius 2 is 1.27 bits per heavy atom. The third-order valence-corrected chi connectivity index (χ3v) is 9.86. The van der Waals surface area contributed by atoms with Crippen LogP contribution in [0.4, 0.5) is 0 Å². The van der Waals surface area contributed by atoms with Crippen molar-refractivity contribution in [1.82, 2.24) is 19.0 Å². The fourth-order valence-electron chi connectivity index (χ4n) is 8.12. The van der Waals surface area contributed by atoms with Crippen molar-refractivity contribution >= 4 is 61.5 Å². The van der Waals surface area contributed by atoms with Crippen LogP contribution in [0.1, 0.15) is 75.2 Å². The van der Waals surface area contributed by atoms with Crippen LogP contribution in [0.5, 0.6) is 0 Å². The highest BCUT2D eigenvalue weighted by molar-refractivity contribution is 6.88. The van der Waals surface area contributed by atoms with Crippen molar-refractivity contribution in [3.05, 3.63) is 101 Å². The van der Waals surface area contributed by atoms with E-state index in [1.54, 1.807) is 0 Å². The van der Waals surface area contributed by atoms with Gasteiger partial charge in [0.1, 0.15) is 11.5 Å². The normalized spacial score (nSPS) is 13.5. The Labute approximate surface area is 266 Å². The number of hydrogen-bond acceptors (Lipinski definition) is 2. The fraction of sp³-hybridized carbons (Fsp3) is 0.300. The van der Waals surface area contributed by atoms with Gasteiger partial charge in [-0.05, 0) is 78.9 Å². The lowest BCUT2D eigenvalue weighted by atomic mass is 9.46. The van der Waals surface area contributed by atoms with Crippen molar-refractivity contribution in [2.24, 2.45) is 0 Å². The first-order chi connectivity index (χ1) is 21.3. The van der Waals surface area contributed by atoms with Gasteiger partial charge < -0.3 is 4.48 Å². The van der Waals surface area contributed by atoms with Crippen molar-refractivity contribution < 1.29 is 0 Å². The van der Waals surface area contributed by atoms with Crippen LogP contribution in [-0.4, -0.2) is 25.9 Å². The third kappa shape index (κ3) is 3.86. The Bertz CT molecular complexity index is 2330. The minimum atomic E-state index is -0.157. The summed E-state index contributed by atoms with van der Waals surface area (Å²) >= 11 is 0. The predicted molar refractivity (Wildman–Crippen MR) is 193 cm³/mol. The Kier molecular flexibility index (Phi) is 5.68. The fourth-order valence-corrected chi connectivity index (χ4v) is 8.12. The molecule has 7 aromatic rings. The topological polar surface area (TPSA) is 35.6 Å². The first kappa shape index (κ1) is 28.1. The second-order valence-electron chi connectivity index (χ2n) is 15.5. The molecule has 8 rings (SSSR count). The summed E-state index contributed by atoms with van der Waals surface area (Å²) in [6.07, 6.45) is 2.06. The standard InChI is InChI=1S/C40H41BN4/c1-22-17-24(3)34-27(19-22)28-20-23(2)18-25(4)35(28)45(34)41-31-13-11-12-14-32(31)44-36-26(15-16-30(33(36)41)39(5,6)7)29-21-42-38(40(8,9)10)43-37(29)44/h11-21H,1-10H3. The third-order valence-electron chi connectivity index (χ3n) is 9.86. The maximum absolute atomic E-state index is 5.30. The number of benzene rings is 4. The van der Waals surface area contributed by atoms with Crippen molar-refractivity contribution in [3.8, 4) is 5.69 Å². The van der Waals surface area contributed by atoms with E-state index < -0.39 is 0 Å². The molecule has 0 bridgehead atoms. The average Bonchev–Trinajstić information content (AvgIpc) is 3.46. The zero-order valence-corrected chi connectivity index (χ0v) is 28.2. The van der Waals surface area contributed by atoms with Gasteiger partial charge in [0.05, 0.1) is 5.52 Å². The summed E-state index contributed by atoms with van der Waals surface area (Å²) in [6, 6.07) is 23.2. The van der Waals surface area contributed by atoms with E-state index in [1.165, 1.54) is 77.1 Å². The summed E-state index contributed by atoms with van der Waals surface area (Å²) in [7, 11) is 0. The molecule has 3 aromatic heterocycles. The molecule has 0 saturated carbocycles. The maximum atomic E-state index is 5.30. The molecule has 4 nitrogen and oxygen atoms in total. The molecule has 0 saturated heterocycles. The van der Waals surface area contributed by atoms with Crippen LogP contribution >= 0.6 is 0 Å². The molecule has 224 valence electrons. The van der Waals surface area contributed by atoms with Crippen molar-refractivity contribution in [2.75, 3.05) is 0 Å². The van der Waals surface area contributed by atoms with Crippen LogP contribution in [0.3, 0.4) is 0 Å². The van der Waals surface area contributed by atoms with E-state index in [1.807, 2.05) is 0 Å². The number of hydrogen-bond donors (Lipinski definition) is 0. The van der Waals surface area contributed by atoms with Crippen LogP contribution in [0.2, 0.25) is 0 Å². The van der Waals surface area contributed by atoms with Crippen LogP contribution in [0.15, 0.2) is 66.9 Å². The molecule has 0 amide bonds. The van der Waals surface area contributed by atoms with E-state index in [0.29, 0.717) is 0 Å². The highest BCUT2D eigenvalue weighted by Gasteiger charge is 2.40. The number of aromatic nitrogens is 4. The van der Waals surface area contributed by atoms with Gasteiger partial charge in [0, 0.05) is 49.9 Å². The van der Waals surface area contributed by atoms with Crippen LogP contribution in [-0.2, 0) is 10.8 Å². The Hall–Kier alpha value is -4.38. The van der Waals surface area contributed by atoms with E-state index in [-0.39, 0.29) is 17.7 Å². The van der Waals surface area contributed by atoms with Crippen LogP contribution < -0.4 is 10.9 Å². The Morgan fingerprint density at radius 1 is 0.644 bits per heavy atom. The van der Waals surface area contributed by atoms with Crippen molar-refractivity contribution in [2.45, 2.75) is 80.1 Å². The van der Waals surface area contributed by atoms with E-state index in [2.05, 4.69) is 145 Å². The smallest absolute Gasteiger partial charge is 0.332 e. The molecule has 0 aliphatic carbocycles. The average molecular weight is 589 g/mol. The van der Waals surface area contributed by atoms with Gasteiger partial charge in [-0.15, -0.1) is 0 Å². The highest BCUT2D eigenvalue weighted by atomic mass is 15.1. The summed E-state index contributed by atoms with van der Waals surface area (Å²) in [6.45, 7) is 22.6.